The average molecular weight is 374 g/mol. The number of cyclic esters (lactones) is 2. The summed E-state index contributed by atoms with van der Waals surface area (Å²) < 4.78 is 4.68. The first-order chi connectivity index (χ1) is 12.4. The second-order valence-corrected chi connectivity index (χ2v) is 9.70. The van der Waals surface area contributed by atoms with Crippen LogP contribution in [0, 0.1) is 59.2 Å². The van der Waals surface area contributed by atoms with E-state index in [2.05, 4.69) is 18.6 Å². The van der Waals surface area contributed by atoms with Gasteiger partial charge in [0.1, 0.15) is 11.6 Å². The van der Waals surface area contributed by atoms with E-state index in [1.54, 1.807) is 0 Å². The van der Waals surface area contributed by atoms with E-state index in [-0.39, 0.29) is 61.0 Å². The number of carbonyl (C=O) groups is 4. The van der Waals surface area contributed by atoms with Crippen LogP contribution < -0.4 is 0 Å². The molecular weight excluding hydrogens is 344 g/mol. The van der Waals surface area contributed by atoms with Crippen molar-refractivity contribution in [1.29, 1.82) is 0 Å². The predicted molar refractivity (Wildman–Crippen MR) is 97.2 cm³/mol. The molecule has 0 amide bonds. The van der Waals surface area contributed by atoms with Crippen LogP contribution in [-0.2, 0) is 23.9 Å². The van der Waals surface area contributed by atoms with Crippen molar-refractivity contribution in [2.45, 2.75) is 53.4 Å². The number of rotatable bonds is 0. The van der Waals surface area contributed by atoms with Gasteiger partial charge in [0.2, 0.25) is 0 Å². The standard InChI is InChI=1S/C11H14O2.C10H12O3.CH4/c1-5-2-6-3-7(5)11-9(13)4-8(12)10(6)11;1-4-2-5-3-6(4)8-7(5)9(11)13-10(8)12;/h5-7,10-11H,2-4H2,1H3;4-8H,2-3H2,1H3;1H4. The highest BCUT2D eigenvalue weighted by Gasteiger charge is 2.62. The Bertz CT molecular complexity index is 651. The van der Waals surface area contributed by atoms with Gasteiger partial charge in [0.15, 0.2) is 0 Å². The molecule has 1 aliphatic heterocycles. The lowest BCUT2D eigenvalue weighted by Crippen LogP contribution is -2.28. The smallest absolute Gasteiger partial charge is 0.317 e. The largest absolute Gasteiger partial charge is 0.393 e. The van der Waals surface area contributed by atoms with Gasteiger partial charge in [0.25, 0.3) is 0 Å². The van der Waals surface area contributed by atoms with Gasteiger partial charge in [-0.1, -0.05) is 21.3 Å². The third-order valence-corrected chi connectivity index (χ3v) is 8.51. The van der Waals surface area contributed by atoms with E-state index in [0.29, 0.717) is 35.5 Å². The molecule has 4 bridgehead atoms. The fourth-order valence-corrected chi connectivity index (χ4v) is 7.57. The average Bonchev–Trinajstić information content (AvgIpc) is 3.34. The van der Waals surface area contributed by atoms with Gasteiger partial charge in [-0.05, 0) is 61.2 Å². The van der Waals surface area contributed by atoms with E-state index in [1.165, 1.54) is 6.42 Å². The van der Waals surface area contributed by atoms with Crippen LogP contribution in [0.1, 0.15) is 53.4 Å². The molecule has 0 radical (unpaired) electrons. The van der Waals surface area contributed by atoms with E-state index in [9.17, 15) is 19.2 Å². The maximum absolute atomic E-state index is 11.6. The van der Waals surface area contributed by atoms with Crippen molar-refractivity contribution < 1.29 is 23.9 Å². The molecule has 6 aliphatic rings. The Hall–Kier alpha value is -1.52. The molecule has 5 nitrogen and oxygen atoms in total. The summed E-state index contributed by atoms with van der Waals surface area (Å²) in [5.74, 6) is 3.36. The molecule has 148 valence electrons. The summed E-state index contributed by atoms with van der Waals surface area (Å²) in [5.41, 5.74) is 0. The molecule has 0 spiro atoms. The number of ether oxygens (including phenoxy) is 1. The van der Waals surface area contributed by atoms with Crippen LogP contribution >= 0.6 is 0 Å². The highest BCUT2D eigenvalue weighted by atomic mass is 16.6. The molecule has 0 aromatic heterocycles. The molecule has 0 aromatic carbocycles. The van der Waals surface area contributed by atoms with E-state index in [4.69, 9.17) is 0 Å². The van der Waals surface area contributed by atoms with Gasteiger partial charge in [-0.15, -0.1) is 0 Å². The monoisotopic (exact) mass is 374 g/mol. The lowest BCUT2D eigenvalue weighted by atomic mass is 9.76. The molecule has 27 heavy (non-hydrogen) atoms. The van der Waals surface area contributed by atoms with Crippen LogP contribution in [0.5, 0.6) is 0 Å². The molecule has 5 heteroatoms. The highest BCUT2D eigenvalue weighted by Crippen LogP contribution is 2.59. The summed E-state index contributed by atoms with van der Waals surface area (Å²) in [6.07, 6.45) is 4.75. The lowest BCUT2D eigenvalue weighted by Gasteiger charge is -2.26. The normalized spacial score (nSPS) is 50.9. The number of carbonyl (C=O) groups excluding carboxylic acids is 4. The number of fused-ring (bicyclic) bond motifs is 10. The highest BCUT2D eigenvalue weighted by molar-refractivity contribution is 6.09. The second kappa shape index (κ2) is 6.25. The minimum atomic E-state index is -0.256. The van der Waals surface area contributed by atoms with E-state index in [1.807, 2.05) is 0 Å². The summed E-state index contributed by atoms with van der Waals surface area (Å²) in [6, 6.07) is 0. The Morgan fingerprint density at radius 3 is 1.78 bits per heavy atom. The zero-order valence-electron chi connectivity index (χ0n) is 15.4. The Labute approximate surface area is 160 Å². The summed E-state index contributed by atoms with van der Waals surface area (Å²) in [5, 5.41) is 0. The number of ketones is 2. The van der Waals surface area contributed by atoms with Crippen LogP contribution in [0.2, 0.25) is 0 Å². The summed E-state index contributed by atoms with van der Waals surface area (Å²) in [7, 11) is 0. The van der Waals surface area contributed by atoms with Gasteiger partial charge < -0.3 is 4.74 Å². The van der Waals surface area contributed by atoms with Crippen molar-refractivity contribution in [1.82, 2.24) is 0 Å². The minimum Gasteiger partial charge on any atom is -0.393 e. The molecule has 6 fully saturated rings. The maximum Gasteiger partial charge on any atom is 0.317 e. The van der Waals surface area contributed by atoms with Crippen LogP contribution in [0.4, 0.5) is 0 Å². The van der Waals surface area contributed by atoms with Gasteiger partial charge in [-0.25, -0.2) is 0 Å². The zero-order valence-corrected chi connectivity index (χ0v) is 15.4. The quantitative estimate of drug-likeness (QED) is 0.481. The van der Waals surface area contributed by atoms with Gasteiger partial charge in [-0.2, -0.15) is 0 Å². The van der Waals surface area contributed by atoms with E-state index in [0.717, 1.165) is 19.3 Å². The van der Waals surface area contributed by atoms with Gasteiger partial charge >= 0.3 is 11.9 Å². The minimum absolute atomic E-state index is 0. The Kier molecular flexibility index (Phi) is 4.36. The van der Waals surface area contributed by atoms with Crippen molar-refractivity contribution in [3.63, 3.8) is 0 Å². The first-order valence-corrected chi connectivity index (χ1v) is 10.2. The first-order valence-electron chi connectivity index (χ1n) is 10.2. The SMILES string of the molecule is C.CC1CC2CC1C1C(=O)CC(=O)C21.CC1CC2CC1C1C(=O)OC(=O)C21. The van der Waals surface area contributed by atoms with Crippen molar-refractivity contribution in [2.24, 2.45) is 59.2 Å². The fraction of sp³-hybridized carbons (Fsp3) is 0.818. The maximum atomic E-state index is 11.6. The summed E-state index contributed by atoms with van der Waals surface area (Å²) >= 11 is 0. The Morgan fingerprint density at radius 2 is 1.15 bits per heavy atom. The van der Waals surface area contributed by atoms with Crippen molar-refractivity contribution in [3.8, 4) is 0 Å². The van der Waals surface area contributed by atoms with Gasteiger partial charge in [0.05, 0.1) is 18.3 Å². The van der Waals surface area contributed by atoms with Crippen LogP contribution in [0.25, 0.3) is 0 Å². The molecule has 5 saturated carbocycles. The molecule has 10 atom stereocenters. The topological polar surface area (TPSA) is 77.5 Å². The van der Waals surface area contributed by atoms with Crippen LogP contribution in [0.3, 0.4) is 0 Å². The van der Waals surface area contributed by atoms with E-state index < -0.39 is 0 Å². The van der Waals surface area contributed by atoms with Crippen LogP contribution in [0.15, 0.2) is 0 Å². The lowest BCUT2D eigenvalue weighted by molar-refractivity contribution is -0.154. The van der Waals surface area contributed by atoms with Crippen molar-refractivity contribution >= 4 is 23.5 Å². The number of Topliss-reactive ketones (excluding diaryl/α,β-unsaturated/α-hetero) is 2. The molecule has 6 rings (SSSR count). The van der Waals surface area contributed by atoms with Crippen LogP contribution in [-0.4, -0.2) is 23.5 Å². The molecule has 0 N–H and O–H groups in total. The van der Waals surface area contributed by atoms with Gasteiger partial charge in [0, 0.05) is 11.8 Å². The second-order valence-electron chi connectivity index (χ2n) is 9.70. The van der Waals surface area contributed by atoms with E-state index >= 15 is 0 Å². The number of hydrogen-bond donors (Lipinski definition) is 0. The molecule has 1 heterocycles. The molecule has 1 saturated heterocycles. The summed E-state index contributed by atoms with van der Waals surface area (Å²) in [4.78, 5) is 45.8. The van der Waals surface area contributed by atoms with Gasteiger partial charge in [-0.3, -0.25) is 19.2 Å². The number of hydrogen-bond acceptors (Lipinski definition) is 5. The Morgan fingerprint density at radius 1 is 0.667 bits per heavy atom. The first kappa shape index (κ1) is 18.8. The Balaban J connectivity index is 0.000000129. The summed E-state index contributed by atoms with van der Waals surface area (Å²) in [6.45, 7) is 4.41. The third kappa shape index (κ3) is 2.49. The molecule has 0 aromatic rings. The molecule has 5 aliphatic carbocycles. The molecule has 10 unspecified atom stereocenters. The molecular formula is C22H30O5. The zero-order chi connectivity index (χ0) is 18.3. The third-order valence-electron chi connectivity index (χ3n) is 8.51. The number of esters is 2. The fourth-order valence-electron chi connectivity index (χ4n) is 7.57. The predicted octanol–water partition coefficient (Wildman–Crippen LogP) is 3.05. The van der Waals surface area contributed by atoms with Crippen molar-refractivity contribution in [2.75, 3.05) is 0 Å². The van der Waals surface area contributed by atoms with Crippen molar-refractivity contribution in [3.05, 3.63) is 0 Å².